The molecule has 6 nitrogen and oxygen atoms in total. The molecule has 10 heteroatoms. The molecule has 0 saturated heterocycles. The predicted octanol–water partition coefficient (Wildman–Crippen LogP) is 4.80. The van der Waals surface area contributed by atoms with Crippen molar-refractivity contribution < 1.29 is 33.3 Å². The van der Waals surface area contributed by atoms with Crippen molar-refractivity contribution in [2.45, 2.75) is 70.5 Å². The molecule has 3 saturated carbocycles. The molecule has 0 aliphatic heterocycles. The van der Waals surface area contributed by atoms with Gasteiger partial charge in [0.1, 0.15) is 11.0 Å². The summed E-state index contributed by atoms with van der Waals surface area (Å²) in [6.45, 7) is 6.70. The summed E-state index contributed by atoms with van der Waals surface area (Å²) in [4.78, 5) is 29.6. The highest BCUT2D eigenvalue weighted by Gasteiger charge is 2.77. The van der Waals surface area contributed by atoms with E-state index in [9.17, 15) is 19.8 Å². The minimum absolute atomic E-state index is 0.0403. The average molecular weight is 538 g/mol. The maximum absolute atomic E-state index is 17.3. The van der Waals surface area contributed by atoms with Gasteiger partial charge in [-0.15, -0.1) is 11.3 Å². The quantitative estimate of drug-likeness (QED) is 0.422. The van der Waals surface area contributed by atoms with Gasteiger partial charge < -0.3 is 14.9 Å². The number of halogens is 2. The van der Waals surface area contributed by atoms with Crippen molar-refractivity contribution in [3.8, 4) is 0 Å². The van der Waals surface area contributed by atoms with E-state index >= 15 is 8.78 Å². The number of carbonyl (C=O) groups is 2. The number of aryl methyl sites for hydroxylation is 1. The van der Waals surface area contributed by atoms with Crippen molar-refractivity contribution in [1.82, 2.24) is 4.98 Å². The number of fused-ring (bicyclic) bond motifs is 5. The number of carbonyl (C=O) groups excluding carboxylic acids is 2. The maximum Gasteiger partial charge on any atom is 0.351 e. The first-order chi connectivity index (χ1) is 16.7. The molecule has 1 aromatic heterocycles. The van der Waals surface area contributed by atoms with Crippen molar-refractivity contribution in [1.29, 1.82) is 0 Å². The van der Waals surface area contributed by atoms with E-state index in [2.05, 4.69) is 4.98 Å². The molecule has 36 heavy (non-hydrogen) atoms. The number of nitrogens with zero attached hydrogens (tertiary/aromatic N) is 1. The van der Waals surface area contributed by atoms with Crippen LogP contribution in [-0.2, 0) is 9.53 Å². The molecule has 194 valence electrons. The summed E-state index contributed by atoms with van der Waals surface area (Å²) in [6.07, 6.45) is 0.470. The maximum atomic E-state index is 17.3. The Bertz CT molecular complexity index is 1230. The van der Waals surface area contributed by atoms with Crippen molar-refractivity contribution in [2.75, 3.05) is 0 Å². The predicted molar refractivity (Wildman–Crippen MR) is 133 cm³/mol. The lowest BCUT2D eigenvalue weighted by atomic mass is 9.44. The summed E-state index contributed by atoms with van der Waals surface area (Å²) in [7, 11) is 0. The van der Waals surface area contributed by atoms with Crippen LogP contribution in [0.4, 0.5) is 8.78 Å². The number of aliphatic hydroxyl groups excluding tert-OH is 2. The number of hydrogen-bond donors (Lipinski definition) is 2. The first-order valence-electron chi connectivity index (χ1n) is 12.1. The Morgan fingerprint density at radius 2 is 2.00 bits per heavy atom. The van der Waals surface area contributed by atoms with Gasteiger partial charge in [-0.1, -0.05) is 19.9 Å². The number of ketones is 1. The Hall–Kier alpha value is -2.04. The van der Waals surface area contributed by atoms with E-state index in [1.807, 2.05) is 0 Å². The second kappa shape index (κ2) is 7.98. The largest absolute Gasteiger partial charge is 0.499 e. The number of esters is 1. The van der Waals surface area contributed by atoms with Crippen LogP contribution in [0.3, 0.4) is 0 Å². The van der Waals surface area contributed by atoms with Gasteiger partial charge in [0, 0.05) is 22.7 Å². The van der Waals surface area contributed by atoms with Gasteiger partial charge in [0.15, 0.2) is 17.1 Å². The molecule has 0 radical (unpaired) electrons. The Labute approximate surface area is 217 Å². The molecule has 0 spiro atoms. The molecule has 0 aromatic carbocycles. The van der Waals surface area contributed by atoms with Crippen LogP contribution in [-0.4, -0.2) is 55.5 Å². The number of aliphatic hydroxyl groups is 2. The third-order valence-corrected chi connectivity index (χ3v) is 10.9. The topological polar surface area (TPSA) is 96.7 Å². The second-order valence-electron chi connectivity index (χ2n) is 11.2. The minimum Gasteiger partial charge on any atom is -0.499 e. The number of thiazole rings is 1. The van der Waals surface area contributed by atoms with Crippen molar-refractivity contribution in [3.05, 3.63) is 39.9 Å². The zero-order chi connectivity index (χ0) is 26.4. The molecule has 1 aromatic rings. The highest BCUT2D eigenvalue weighted by atomic mass is 32.1. The normalized spacial score (nSPS) is 45.4. The smallest absolute Gasteiger partial charge is 0.351 e. The van der Waals surface area contributed by atoms with Crippen LogP contribution in [0.2, 0.25) is 0 Å². The summed E-state index contributed by atoms with van der Waals surface area (Å²) in [5.74, 6) is -3.17. The van der Waals surface area contributed by atoms with E-state index < -0.39 is 68.9 Å². The van der Waals surface area contributed by atoms with Crippen molar-refractivity contribution in [3.63, 3.8) is 0 Å². The Morgan fingerprint density at radius 1 is 1.31 bits per heavy atom. The van der Waals surface area contributed by atoms with E-state index in [1.165, 1.54) is 24.6 Å². The molecule has 4 aliphatic carbocycles. The first kappa shape index (κ1) is 25.6. The van der Waals surface area contributed by atoms with Crippen LogP contribution in [0.25, 0.3) is 0 Å². The number of thiocarbonyl (C=S) groups is 1. The van der Waals surface area contributed by atoms with Gasteiger partial charge in [0.05, 0.1) is 17.3 Å². The lowest BCUT2D eigenvalue weighted by Crippen LogP contribution is -2.70. The third kappa shape index (κ3) is 2.95. The van der Waals surface area contributed by atoms with E-state index in [0.717, 1.165) is 17.4 Å². The fourth-order valence-corrected chi connectivity index (χ4v) is 9.08. The molecule has 4 aliphatic rings. The van der Waals surface area contributed by atoms with Crippen molar-refractivity contribution >= 4 is 40.4 Å². The van der Waals surface area contributed by atoms with Gasteiger partial charge in [0.2, 0.25) is 5.05 Å². The molecular weight excluding hydrogens is 508 g/mol. The molecule has 0 bridgehead atoms. The number of alkyl halides is 2. The average Bonchev–Trinajstić information content (AvgIpc) is 3.32. The van der Waals surface area contributed by atoms with Gasteiger partial charge in [-0.25, -0.2) is 18.6 Å². The summed E-state index contributed by atoms with van der Waals surface area (Å²) < 4.78 is 39.0. The molecule has 2 unspecified atom stereocenters. The van der Waals surface area contributed by atoms with E-state index in [4.69, 9.17) is 17.0 Å². The zero-order valence-corrected chi connectivity index (χ0v) is 22.1. The monoisotopic (exact) mass is 537 g/mol. The zero-order valence-electron chi connectivity index (χ0n) is 20.5. The van der Waals surface area contributed by atoms with Crippen LogP contribution < -0.4 is 0 Å². The lowest BCUT2D eigenvalue weighted by molar-refractivity contribution is -0.215. The van der Waals surface area contributed by atoms with Gasteiger partial charge >= 0.3 is 5.97 Å². The van der Waals surface area contributed by atoms with Gasteiger partial charge in [-0.05, 0) is 69.0 Å². The summed E-state index contributed by atoms with van der Waals surface area (Å²) in [6, 6.07) is 0. The number of allylic oxidation sites excluding steroid dienone is 4. The van der Waals surface area contributed by atoms with Crippen LogP contribution >= 0.6 is 23.6 Å². The standard InChI is InChI=1S/C26H29F2NO5S2/c1-12-7-15-16-9-18(27)17-8-14(30)5-6-23(17,3)25(16,28)19(31)10-24(15,4)26(12,22(33)35)34-21(32)20-13(2)29-11-36-20/h5-6,8,11-12,15-16,18-19,31H,7,9-10H2,1-4H3,(H,33,35)/t12?,15-,16-,18-,19-,23-,24-,25?,26-/m0/s1. The fraction of sp³-hybridized carbons (Fsp3) is 0.615. The molecule has 5 rings (SSSR count). The number of aromatic nitrogens is 1. The van der Waals surface area contributed by atoms with Gasteiger partial charge in [-0.3, -0.25) is 4.79 Å². The summed E-state index contributed by atoms with van der Waals surface area (Å²) >= 11 is 6.39. The second-order valence-corrected chi connectivity index (χ2v) is 12.4. The summed E-state index contributed by atoms with van der Waals surface area (Å²) in [5, 5.41) is 21.8. The molecule has 3 fully saturated rings. The van der Waals surface area contributed by atoms with Crippen LogP contribution in [0.1, 0.15) is 55.4 Å². The molecule has 2 N–H and O–H groups in total. The molecule has 0 amide bonds. The summed E-state index contributed by atoms with van der Waals surface area (Å²) in [5.41, 5.74) is -4.62. The van der Waals surface area contributed by atoms with Gasteiger partial charge in [0.25, 0.3) is 0 Å². The Morgan fingerprint density at radius 3 is 2.61 bits per heavy atom. The third-order valence-electron chi connectivity index (χ3n) is 9.67. The SMILES string of the molecule is Cc1ncsc1C(=O)O[C@]1(C(O)=S)C(C)C[C@H]2[C@@H]3C[C@H](F)C4=CC(=O)C=C[C@]4(C)C3(F)[C@@H](O)C[C@@]21C. The molecule has 9 atom stereocenters. The number of ether oxygens (including phenoxy) is 1. The van der Waals surface area contributed by atoms with E-state index in [1.54, 1.807) is 20.8 Å². The Kier molecular flexibility index (Phi) is 5.67. The van der Waals surface area contributed by atoms with E-state index in [-0.39, 0.29) is 23.3 Å². The van der Waals surface area contributed by atoms with E-state index in [0.29, 0.717) is 12.1 Å². The molecular formula is C26H29F2NO5S2. The van der Waals surface area contributed by atoms with Crippen molar-refractivity contribution in [2.24, 2.45) is 28.6 Å². The molecule has 1 heterocycles. The first-order valence-corrected chi connectivity index (χ1v) is 13.4. The van der Waals surface area contributed by atoms with Crippen LogP contribution in [0.5, 0.6) is 0 Å². The number of rotatable bonds is 3. The Balaban J connectivity index is 1.62. The minimum atomic E-state index is -2.27. The van der Waals surface area contributed by atoms with Crippen LogP contribution in [0, 0.1) is 35.5 Å². The number of hydrogen-bond acceptors (Lipinski definition) is 7. The van der Waals surface area contributed by atoms with Crippen LogP contribution in [0.15, 0.2) is 29.3 Å². The highest BCUT2D eigenvalue weighted by Crippen LogP contribution is 2.71. The highest BCUT2D eigenvalue weighted by molar-refractivity contribution is 7.80. The van der Waals surface area contributed by atoms with Gasteiger partial charge in [-0.2, -0.15) is 0 Å². The fourth-order valence-electron chi connectivity index (χ4n) is 7.93. The lowest BCUT2D eigenvalue weighted by Gasteiger charge is -2.63.